The Morgan fingerprint density at radius 2 is 2.29 bits per heavy atom. The van der Waals surface area contributed by atoms with Gasteiger partial charge >= 0.3 is 0 Å². The summed E-state index contributed by atoms with van der Waals surface area (Å²) >= 11 is 0. The number of amides is 2. The Morgan fingerprint density at radius 3 is 2.95 bits per heavy atom. The van der Waals surface area contributed by atoms with E-state index in [1.807, 2.05) is 0 Å². The van der Waals surface area contributed by atoms with Gasteiger partial charge in [-0.1, -0.05) is 5.21 Å². The molecule has 0 aromatic carbocycles. The number of rotatable bonds is 8. The van der Waals surface area contributed by atoms with Crippen molar-refractivity contribution in [2.45, 2.75) is 38.3 Å². The van der Waals surface area contributed by atoms with E-state index in [0.717, 1.165) is 18.5 Å². The molecule has 1 aliphatic carbocycles. The van der Waals surface area contributed by atoms with Crippen LogP contribution >= 0.6 is 0 Å². The molecule has 2 N–H and O–H groups in total. The number of carbonyl (C=O) groups is 2. The fourth-order valence-corrected chi connectivity index (χ4v) is 1.85. The Balaban J connectivity index is 1.76. The summed E-state index contributed by atoms with van der Waals surface area (Å²) in [6.45, 7) is 0.214. The maximum absolute atomic E-state index is 12.0. The molecule has 1 saturated carbocycles. The SMILES string of the molecule is CN(CC(=O)NC1CC1)C(=O)Cn1cc(CCCO)nn1. The molecule has 8 heteroatoms. The molecule has 1 aromatic rings. The van der Waals surface area contributed by atoms with Crippen LogP contribution in [0.2, 0.25) is 0 Å². The van der Waals surface area contributed by atoms with E-state index in [1.165, 1.54) is 9.58 Å². The number of hydrogen-bond donors (Lipinski definition) is 2. The van der Waals surface area contributed by atoms with Crippen LogP contribution in [0.4, 0.5) is 0 Å². The highest BCUT2D eigenvalue weighted by atomic mass is 16.3. The van der Waals surface area contributed by atoms with Gasteiger partial charge in [0, 0.05) is 25.9 Å². The highest BCUT2D eigenvalue weighted by Gasteiger charge is 2.24. The molecule has 1 aromatic heterocycles. The largest absolute Gasteiger partial charge is 0.396 e. The minimum atomic E-state index is -0.195. The van der Waals surface area contributed by atoms with Gasteiger partial charge in [-0.25, -0.2) is 4.68 Å². The van der Waals surface area contributed by atoms with Crippen LogP contribution in [0.15, 0.2) is 6.20 Å². The Bertz CT molecular complexity index is 498. The van der Waals surface area contributed by atoms with Gasteiger partial charge in [-0.05, 0) is 25.7 Å². The maximum atomic E-state index is 12.0. The number of aryl methyl sites for hydroxylation is 1. The summed E-state index contributed by atoms with van der Waals surface area (Å²) in [5.74, 6) is -0.324. The van der Waals surface area contributed by atoms with Crippen LogP contribution in [-0.4, -0.2) is 63.1 Å². The molecule has 0 bridgehead atoms. The first-order valence-corrected chi connectivity index (χ1v) is 7.11. The van der Waals surface area contributed by atoms with Gasteiger partial charge in [0.25, 0.3) is 0 Å². The lowest BCUT2D eigenvalue weighted by Crippen LogP contribution is -2.40. The molecule has 1 fully saturated rings. The first-order valence-electron chi connectivity index (χ1n) is 7.11. The Labute approximate surface area is 123 Å². The smallest absolute Gasteiger partial charge is 0.244 e. The van der Waals surface area contributed by atoms with Crippen LogP contribution in [0.1, 0.15) is 25.0 Å². The van der Waals surface area contributed by atoms with Gasteiger partial charge in [-0.2, -0.15) is 0 Å². The second kappa shape index (κ2) is 7.16. The zero-order valence-electron chi connectivity index (χ0n) is 12.2. The highest BCUT2D eigenvalue weighted by Crippen LogP contribution is 2.18. The lowest BCUT2D eigenvalue weighted by molar-refractivity contribution is -0.135. The first kappa shape index (κ1) is 15.4. The third kappa shape index (κ3) is 5.14. The van der Waals surface area contributed by atoms with Crippen molar-refractivity contribution in [1.82, 2.24) is 25.2 Å². The van der Waals surface area contributed by atoms with Gasteiger partial charge in [0.15, 0.2) is 0 Å². The molecule has 2 amide bonds. The first-order chi connectivity index (χ1) is 10.1. The number of hydrogen-bond acceptors (Lipinski definition) is 5. The summed E-state index contributed by atoms with van der Waals surface area (Å²) in [5, 5.41) is 19.4. The lowest BCUT2D eigenvalue weighted by atomic mass is 10.3. The van der Waals surface area contributed by atoms with E-state index in [-0.39, 0.29) is 31.5 Å². The van der Waals surface area contributed by atoms with Crippen LogP contribution in [-0.2, 0) is 22.6 Å². The zero-order chi connectivity index (χ0) is 15.2. The van der Waals surface area contributed by atoms with Crippen molar-refractivity contribution in [3.63, 3.8) is 0 Å². The fraction of sp³-hybridized carbons (Fsp3) is 0.692. The van der Waals surface area contributed by atoms with Crippen molar-refractivity contribution in [1.29, 1.82) is 0 Å². The Hall–Kier alpha value is -1.96. The summed E-state index contributed by atoms with van der Waals surface area (Å²) in [4.78, 5) is 25.0. The molecule has 0 saturated heterocycles. The van der Waals surface area contributed by atoms with Gasteiger partial charge in [0.05, 0.1) is 12.2 Å². The van der Waals surface area contributed by atoms with Gasteiger partial charge in [0.2, 0.25) is 11.8 Å². The molecule has 116 valence electrons. The summed E-state index contributed by atoms with van der Waals surface area (Å²) in [6, 6.07) is 0.297. The van der Waals surface area contributed by atoms with E-state index in [1.54, 1.807) is 13.2 Å². The third-order valence-corrected chi connectivity index (χ3v) is 3.22. The quantitative estimate of drug-likeness (QED) is 0.637. The molecule has 0 aliphatic heterocycles. The van der Waals surface area contributed by atoms with Crippen molar-refractivity contribution >= 4 is 11.8 Å². The zero-order valence-corrected chi connectivity index (χ0v) is 12.2. The number of nitrogens with zero attached hydrogens (tertiary/aromatic N) is 4. The predicted octanol–water partition coefficient (Wildman–Crippen LogP) is -1.06. The maximum Gasteiger partial charge on any atom is 0.244 e. The average Bonchev–Trinajstić information content (AvgIpc) is 3.14. The molecule has 2 rings (SSSR count). The molecule has 0 spiro atoms. The van der Waals surface area contributed by atoms with Crippen LogP contribution in [0.3, 0.4) is 0 Å². The van der Waals surface area contributed by atoms with Crippen molar-refractivity contribution in [3.8, 4) is 0 Å². The third-order valence-electron chi connectivity index (χ3n) is 3.22. The van der Waals surface area contributed by atoms with Gasteiger partial charge in [-0.3, -0.25) is 9.59 Å². The second-order valence-corrected chi connectivity index (χ2v) is 5.33. The van der Waals surface area contributed by atoms with E-state index in [9.17, 15) is 9.59 Å². The molecular weight excluding hydrogens is 274 g/mol. The summed E-state index contributed by atoms with van der Waals surface area (Å²) in [6.07, 6.45) is 4.99. The second-order valence-electron chi connectivity index (χ2n) is 5.33. The summed E-state index contributed by atoms with van der Waals surface area (Å²) < 4.78 is 1.45. The monoisotopic (exact) mass is 295 g/mol. The molecule has 21 heavy (non-hydrogen) atoms. The summed E-state index contributed by atoms with van der Waals surface area (Å²) in [7, 11) is 1.60. The van der Waals surface area contributed by atoms with Gasteiger partial charge in [-0.15, -0.1) is 5.10 Å². The van der Waals surface area contributed by atoms with E-state index in [2.05, 4.69) is 15.6 Å². The molecule has 8 nitrogen and oxygen atoms in total. The molecule has 0 unspecified atom stereocenters. The van der Waals surface area contributed by atoms with E-state index in [4.69, 9.17) is 5.11 Å². The molecule has 1 aliphatic rings. The highest BCUT2D eigenvalue weighted by molar-refractivity contribution is 5.84. The normalized spacial score (nSPS) is 14.0. The predicted molar refractivity (Wildman–Crippen MR) is 74.2 cm³/mol. The molecular formula is C13H21N5O3. The molecule has 0 radical (unpaired) electrons. The van der Waals surface area contributed by atoms with Crippen LogP contribution in [0.25, 0.3) is 0 Å². The Morgan fingerprint density at radius 1 is 1.52 bits per heavy atom. The van der Waals surface area contributed by atoms with Crippen LogP contribution in [0.5, 0.6) is 0 Å². The van der Waals surface area contributed by atoms with Crippen molar-refractivity contribution < 1.29 is 14.7 Å². The van der Waals surface area contributed by atoms with E-state index >= 15 is 0 Å². The number of nitrogens with one attached hydrogen (secondary N) is 1. The van der Waals surface area contributed by atoms with E-state index < -0.39 is 0 Å². The van der Waals surface area contributed by atoms with E-state index in [0.29, 0.717) is 18.9 Å². The fourth-order valence-electron chi connectivity index (χ4n) is 1.85. The number of aliphatic hydroxyl groups excluding tert-OH is 1. The van der Waals surface area contributed by atoms with Crippen molar-refractivity contribution in [2.24, 2.45) is 0 Å². The number of aromatic nitrogens is 3. The average molecular weight is 295 g/mol. The van der Waals surface area contributed by atoms with Crippen LogP contribution in [0, 0.1) is 0 Å². The molecule has 0 atom stereocenters. The van der Waals surface area contributed by atoms with Crippen molar-refractivity contribution in [2.75, 3.05) is 20.2 Å². The number of likely N-dealkylation sites (N-methyl/N-ethyl adjacent to an activating group) is 1. The van der Waals surface area contributed by atoms with Crippen LogP contribution < -0.4 is 5.32 Å². The minimum absolute atomic E-state index is 0.0549. The number of aliphatic hydroxyl groups is 1. The Kier molecular flexibility index (Phi) is 5.26. The minimum Gasteiger partial charge on any atom is -0.396 e. The van der Waals surface area contributed by atoms with Gasteiger partial charge in [0.1, 0.15) is 6.54 Å². The van der Waals surface area contributed by atoms with Gasteiger partial charge < -0.3 is 15.3 Å². The lowest BCUT2D eigenvalue weighted by Gasteiger charge is -2.16. The number of carbonyl (C=O) groups excluding carboxylic acids is 2. The standard InChI is InChI=1S/C13H21N5O3/c1-17(8-12(20)14-10-4-5-10)13(21)9-18-7-11(15-16-18)3-2-6-19/h7,10,19H,2-6,8-9H2,1H3,(H,14,20). The molecule has 1 heterocycles. The van der Waals surface area contributed by atoms with Crippen molar-refractivity contribution in [3.05, 3.63) is 11.9 Å². The topological polar surface area (TPSA) is 100 Å². The summed E-state index contributed by atoms with van der Waals surface area (Å²) in [5.41, 5.74) is 0.742.